The van der Waals surface area contributed by atoms with Gasteiger partial charge < -0.3 is 4.74 Å². The highest BCUT2D eigenvalue weighted by Crippen LogP contribution is 2.33. The molecule has 0 amide bonds. The average molecular weight is 304 g/mol. The van der Waals surface area contributed by atoms with Crippen LogP contribution < -0.4 is 4.74 Å². The van der Waals surface area contributed by atoms with E-state index in [1.165, 1.54) is 0 Å². The van der Waals surface area contributed by atoms with Crippen LogP contribution in [-0.2, 0) is 0 Å². The number of aromatic amines is 1. The maximum absolute atomic E-state index is 9.14. The zero-order valence-electron chi connectivity index (χ0n) is 9.87. The van der Waals surface area contributed by atoms with Gasteiger partial charge in [0.05, 0.1) is 6.20 Å². The van der Waals surface area contributed by atoms with E-state index in [9.17, 15) is 0 Å². The monoisotopic (exact) mass is 303 g/mol. The Morgan fingerprint density at radius 3 is 2.95 bits per heavy atom. The number of H-pyrrole nitrogens is 1. The van der Waals surface area contributed by atoms with Gasteiger partial charge in [0.2, 0.25) is 5.88 Å². The van der Waals surface area contributed by atoms with Crippen molar-refractivity contribution in [3.05, 3.63) is 40.6 Å². The second kappa shape index (κ2) is 5.28. The van der Waals surface area contributed by atoms with E-state index in [4.69, 9.17) is 21.6 Å². The molecule has 0 saturated carbocycles. The number of hydrogen-bond donors (Lipinski definition) is 1. The lowest BCUT2D eigenvalue weighted by Crippen LogP contribution is -1.87. The first-order valence-corrected chi connectivity index (χ1v) is 6.66. The van der Waals surface area contributed by atoms with Crippen molar-refractivity contribution >= 4 is 22.9 Å². The van der Waals surface area contributed by atoms with Crippen LogP contribution in [0.4, 0.5) is 0 Å². The molecule has 0 spiro atoms. The quantitative estimate of drug-likeness (QED) is 0.750. The summed E-state index contributed by atoms with van der Waals surface area (Å²) in [6.45, 7) is 0. The van der Waals surface area contributed by atoms with E-state index in [1.807, 2.05) is 0 Å². The first-order valence-electron chi connectivity index (χ1n) is 5.47. The first-order chi connectivity index (χ1) is 9.76. The summed E-state index contributed by atoms with van der Waals surface area (Å²) in [5, 5.41) is 16.3. The largest absolute Gasteiger partial charge is 0.412 e. The zero-order valence-corrected chi connectivity index (χ0v) is 11.4. The van der Waals surface area contributed by atoms with Crippen LogP contribution in [-0.4, -0.2) is 20.2 Å². The molecule has 3 aromatic heterocycles. The fourth-order valence-corrected chi connectivity index (χ4v) is 2.43. The molecule has 0 unspecified atom stereocenters. The van der Waals surface area contributed by atoms with Gasteiger partial charge in [-0.05, 0) is 6.07 Å². The molecule has 1 N–H and O–H groups in total. The molecule has 6 nitrogen and oxygen atoms in total. The Hall–Kier alpha value is -2.43. The highest BCUT2D eigenvalue weighted by molar-refractivity contribution is 7.14. The number of nitrogens with zero attached hydrogens (tertiary/aromatic N) is 4. The zero-order chi connectivity index (χ0) is 13.9. The highest BCUT2D eigenvalue weighted by atomic mass is 35.5. The predicted octanol–water partition coefficient (Wildman–Crippen LogP) is 3.25. The van der Waals surface area contributed by atoms with Crippen LogP contribution in [0, 0.1) is 11.3 Å². The molecule has 3 heterocycles. The van der Waals surface area contributed by atoms with E-state index in [2.05, 4.69) is 26.2 Å². The molecule has 98 valence electrons. The number of hydrogen-bond acceptors (Lipinski definition) is 6. The van der Waals surface area contributed by atoms with Gasteiger partial charge in [-0.25, -0.2) is 9.97 Å². The summed E-state index contributed by atoms with van der Waals surface area (Å²) in [4.78, 5) is 8.73. The van der Waals surface area contributed by atoms with Crippen molar-refractivity contribution in [2.75, 3.05) is 0 Å². The molecule has 0 atom stereocenters. The third kappa shape index (κ3) is 2.47. The van der Waals surface area contributed by atoms with Gasteiger partial charge in [-0.1, -0.05) is 29.0 Å². The Kier molecular flexibility index (Phi) is 3.33. The van der Waals surface area contributed by atoms with Crippen molar-refractivity contribution in [3.63, 3.8) is 0 Å². The topological polar surface area (TPSA) is 87.5 Å². The third-order valence-electron chi connectivity index (χ3n) is 2.36. The minimum absolute atomic E-state index is 0.326. The van der Waals surface area contributed by atoms with Crippen LogP contribution in [0.15, 0.2) is 30.6 Å². The number of nitriles is 1. The van der Waals surface area contributed by atoms with E-state index in [0.717, 1.165) is 16.9 Å². The number of ether oxygens (including phenoxy) is 1. The molecule has 0 aliphatic carbocycles. The molecule has 0 aliphatic heterocycles. The van der Waals surface area contributed by atoms with Crippen LogP contribution in [0.25, 0.3) is 11.3 Å². The predicted molar refractivity (Wildman–Crippen MR) is 73.7 cm³/mol. The van der Waals surface area contributed by atoms with E-state index >= 15 is 0 Å². The Morgan fingerprint density at radius 1 is 1.35 bits per heavy atom. The van der Waals surface area contributed by atoms with Gasteiger partial charge in [-0.3, -0.25) is 5.10 Å². The molecule has 0 radical (unpaired) electrons. The van der Waals surface area contributed by atoms with E-state index < -0.39 is 0 Å². The molecular formula is C12H6ClN5OS. The number of thiazole rings is 1. The molecular weight excluding hydrogens is 298 g/mol. The molecule has 0 aliphatic rings. The maximum Gasteiger partial charge on any atom is 0.281 e. The van der Waals surface area contributed by atoms with Crippen LogP contribution in [0.3, 0.4) is 0 Å². The van der Waals surface area contributed by atoms with Gasteiger partial charge in [-0.2, -0.15) is 10.4 Å². The van der Waals surface area contributed by atoms with Crippen LogP contribution in [0.1, 0.15) is 4.88 Å². The van der Waals surface area contributed by atoms with Crippen LogP contribution in [0.2, 0.25) is 5.15 Å². The van der Waals surface area contributed by atoms with Gasteiger partial charge in [0.25, 0.3) is 5.19 Å². The minimum Gasteiger partial charge on any atom is -0.412 e. The van der Waals surface area contributed by atoms with E-state index in [1.54, 1.807) is 30.6 Å². The van der Waals surface area contributed by atoms with Crippen molar-refractivity contribution in [2.24, 2.45) is 0 Å². The second-order valence-electron chi connectivity index (χ2n) is 3.66. The Morgan fingerprint density at radius 2 is 2.25 bits per heavy atom. The molecule has 0 fully saturated rings. The highest BCUT2D eigenvalue weighted by Gasteiger charge is 2.15. The second-order valence-corrected chi connectivity index (χ2v) is 5.01. The molecule has 0 aromatic carbocycles. The standard InChI is InChI=1S/C12H6ClN5OS/c13-9-2-1-3-10(17-9)19-12-18-11(8(4-14)20-12)7-5-15-16-6-7/h1-3,5-6H,(H,15,16). The molecule has 8 heteroatoms. The van der Waals surface area contributed by atoms with Crippen molar-refractivity contribution in [1.29, 1.82) is 5.26 Å². The number of rotatable bonds is 3. The Labute approximate surface area is 122 Å². The molecule has 0 saturated heterocycles. The maximum atomic E-state index is 9.14. The fraction of sp³-hybridized carbons (Fsp3) is 0. The fourth-order valence-electron chi connectivity index (χ4n) is 1.53. The molecule has 3 rings (SSSR count). The lowest BCUT2D eigenvalue weighted by atomic mass is 10.2. The minimum atomic E-state index is 0.326. The summed E-state index contributed by atoms with van der Waals surface area (Å²) in [6.07, 6.45) is 3.26. The summed E-state index contributed by atoms with van der Waals surface area (Å²) in [7, 11) is 0. The van der Waals surface area contributed by atoms with Crippen molar-refractivity contribution < 1.29 is 4.74 Å². The van der Waals surface area contributed by atoms with Gasteiger partial charge in [0.1, 0.15) is 21.8 Å². The van der Waals surface area contributed by atoms with Crippen molar-refractivity contribution in [2.45, 2.75) is 0 Å². The van der Waals surface area contributed by atoms with Crippen molar-refractivity contribution in [3.8, 4) is 28.4 Å². The number of nitrogens with one attached hydrogen (secondary N) is 1. The molecule has 3 aromatic rings. The number of aromatic nitrogens is 4. The molecule has 20 heavy (non-hydrogen) atoms. The Balaban J connectivity index is 1.94. The lowest BCUT2D eigenvalue weighted by Gasteiger charge is -1.99. The normalized spacial score (nSPS) is 10.2. The number of halogens is 1. The number of pyridine rings is 1. The van der Waals surface area contributed by atoms with Crippen molar-refractivity contribution in [1.82, 2.24) is 20.2 Å². The van der Waals surface area contributed by atoms with E-state index in [0.29, 0.717) is 26.8 Å². The summed E-state index contributed by atoms with van der Waals surface area (Å²) >= 11 is 6.92. The van der Waals surface area contributed by atoms with Crippen LogP contribution >= 0.6 is 22.9 Å². The Bertz CT molecular complexity index is 777. The lowest BCUT2D eigenvalue weighted by molar-refractivity contribution is 0.460. The smallest absolute Gasteiger partial charge is 0.281 e. The summed E-state index contributed by atoms with van der Waals surface area (Å²) < 4.78 is 5.51. The molecule has 0 bridgehead atoms. The van der Waals surface area contributed by atoms with E-state index in [-0.39, 0.29) is 0 Å². The SMILES string of the molecule is N#Cc1sc(Oc2cccc(Cl)n2)nc1-c1cn[nH]c1. The van der Waals surface area contributed by atoms with Gasteiger partial charge in [-0.15, -0.1) is 0 Å². The first kappa shape index (κ1) is 12.6. The van der Waals surface area contributed by atoms with Crippen LogP contribution in [0.5, 0.6) is 11.1 Å². The average Bonchev–Trinajstić information content (AvgIpc) is 3.06. The van der Waals surface area contributed by atoms with Gasteiger partial charge in [0, 0.05) is 17.8 Å². The van der Waals surface area contributed by atoms with Gasteiger partial charge >= 0.3 is 0 Å². The summed E-state index contributed by atoms with van der Waals surface area (Å²) in [6, 6.07) is 7.12. The summed E-state index contributed by atoms with van der Waals surface area (Å²) in [5.41, 5.74) is 1.26. The van der Waals surface area contributed by atoms with Gasteiger partial charge in [0.15, 0.2) is 0 Å². The third-order valence-corrected chi connectivity index (χ3v) is 3.41. The summed E-state index contributed by atoms with van der Waals surface area (Å²) in [5.74, 6) is 0.328.